The van der Waals surface area contributed by atoms with Gasteiger partial charge < -0.3 is 9.47 Å². The molecule has 3 aliphatic rings. The Labute approximate surface area is 115 Å². The summed E-state index contributed by atoms with van der Waals surface area (Å²) in [5, 5.41) is 3.55. The third kappa shape index (κ3) is 2.40. The van der Waals surface area contributed by atoms with Crippen molar-refractivity contribution in [1.29, 1.82) is 0 Å². The van der Waals surface area contributed by atoms with Gasteiger partial charge in [-0.25, -0.2) is 0 Å². The average molecular weight is 267 g/mol. The molecule has 0 spiro atoms. The topological polar surface area (TPSA) is 47.6 Å². The first-order chi connectivity index (χ1) is 9.24. The van der Waals surface area contributed by atoms with E-state index < -0.39 is 5.54 Å². The van der Waals surface area contributed by atoms with Gasteiger partial charge in [0.15, 0.2) is 0 Å². The molecular formula is C15H25NO3. The first-order valence-electron chi connectivity index (χ1n) is 7.78. The highest BCUT2D eigenvalue weighted by Gasteiger charge is 2.56. The number of fused-ring (bicyclic) bond motifs is 2. The average Bonchev–Trinajstić information content (AvgIpc) is 3.13. The Bertz CT molecular complexity index is 340. The monoisotopic (exact) mass is 267 g/mol. The first kappa shape index (κ1) is 13.4. The summed E-state index contributed by atoms with van der Waals surface area (Å²) in [7, 11) is 0. The zero-order chi connectivity index (χ0) is 13.3. The van der Waals surface area contributed by atoms with E-state index in [9.17, 15) is 4.79 Å². The zero-order valence-electron chi connectivity index (χ0n) is 11.8. The fraction of sp³-hybridized carbons (Fsp3) is 0.933. The Morgan fingerprint density at radius 1 is 1.42 bits per heavy atom. The SMILES string of the molecule is CCOC(=O)C1(NCC2CCCO2)CC2CCC1C2. The second kappa shape index (κ2) is 5.41. The summed E-state index contributed by atoms with van der Waals surface area (Å²) in [5.74, 6) is 1.16. The van der Waals surface area contributed by atoms with E-state index in [1.54, 1.807) is 0 Å². The maximum Gasteiger partial charge on any atom is 0.326 e. The molecule has 1 saturated heterocycles. The molecule has 19 heavy (non-hydrogen) atoms. The van der Waals surface area contributed by atoms with Gasteiger partial charge in [0.05, 0.1) is 12.7 Å². The summed E-state index contributed by atoms with van der Waals surface area (Å²) in [5.41, 5.74) is -0.412. The molecule has 108 valence electrons. The fourth-order valence-electron chi connectivity index (χ4n) is 4.23. The standard InChI is InChI=1S/C15H25NO3/c1-2-18-14(17)15(9-11-5-6-12(15)8-11)16-10-13-4-3-7-19-13/h11-13,16H,2-10H2,1H3. The number of nitrogens with one attached hydrogen (secondary N) is 1. The van der Waals surface area contributed by atoms with Gasteiger partial charge in [-0.3, -0.25) is 10.1 Å². The van der Waals surface area contributed by atoms with Gasteiger partial charge >= 0.3 is 5.97 Å². The van der Waals surface area contributed by atoms with Gasteiger partial charge in [0.1, 0.15) is 5.54 Å². The van der Waals surface area contributed by atoms with Crippen LogP contribution in [-0.4, -0.2) is 37.4 Å². The minimum atomic E-state index is -0.412. The van der Waals surface area contributed by atoms with Crippen molar-refractivity contribution in [1.82, 2.24) is 5.32 Å². The van der Waals surface area contributed by atoms with Crippen LogP contribution in [0.25, 0.3) is 0 Å². The van der Waals surface area contributed by atoms with Gasteiger partial charge in [0.2, 0.25) is 0 Å². The van der Waals surface area contributed by atoms with Crippen molar-refractivity contribution in [2.45, 2.75) is 57.1 Å². The van der Waals surface area contributed by atoms with Gasteiger partial charge in [-0.05, 0) is 50.9 Å². The van der Waals surface area contributed by atoms with E-state index >= 15 is 0 Å². The van der Waals surface area contributed by atoms with Crippen LogP contribution >= 0.6 is 0 Å². The lowest BCUT2D eigenvalue weighted by atomic mass is 9.80. The molecule has 2 saturated carbocycles. The predicted octanol–water partition coefficient (Wildman–Crippen LogP) is 1.88. The lowest BCUT2D eigenvalue weighted by molar-refractivity contribution is -0.154. The number of ether oxygens (including phenoxy) is 2. The minimum Gasteiger partial charge on any atom is -0.465 e. The highest BCUT2D eigenvalue weighted by Crippen LogP contribution is 2.51. The highest BCUT2D eigenvalue weighted by molar-refractivity contribution is 5.82. The maximum atomic E-state index is 12.4. The molecule has 0 aromatic heterocycles. The molecule has 4 unspecified atom stereocenters. The van der Waals surface area contributed by atoms with Crippen molar-refractivity contribution < 1.29 is 14.3 Å². The van der Waals surface area contributed by atoms with Crippen LogP contribution < -0.4 is 5.32 Å². The molecule has 1 aliphatic heterocycles. The Balaban J connectivity index is 1.67. The molecule has 2 aliphatic carbocycles. The number of hydrogen-bond acceptors (Lipinski definition) is 4. The Morgan fingerprint density at radius 3 is 2.89 bits per heavy atom. The van der Waals surface area contributed by atoms with Gasteiger partial charge in [0, 0.05) is 13.2 Å². The molecule has 3 fully saturated rings. The number of carbonyl (C=O) groups is 1. The van der Waals surface area contributed by atoms with Crippen molar-refractivity contribution in [2.75, 3.05) is 19.8 Å². The van der Waals surface area contributed by atoms with Crippen molar-refractivity contribution in [3.05, 3.63) is 0 Å². The summed E-state index contributed by atoms with van der Waals surface area (Å²) >= 11 is 0. The molecule has 4 atom stereocenters. The Hall–Kier alpha value is -0.610. The number of esters is 1. The lowest BCUT2D eigenvalue weighted by Gasteiger charge is -2.37. The predicted molar refractivity (Wildman–Crippen MR) is 71.8 cm³/mol. The Morgan fingerprint density at radius 2 is 2.32 bits per heavy atom. The minimum absolute atomic E-state index is 0.0276. The van der Waals surface area contributed by atoms with E-state index in [2.05, 4.69) is 5.32 Å². The quantitative estimate of drug-likeness (QED) is 0.773. The lowest BCUT2D eigenvalue weighted by Crippen LogP contribution is -2.58. The normalized spacial score (nSPS) is 40.8. The molecular weight excluding hydrogens is 242 g/mol. The number of carbonyl (C=O) groups excluding carboxylic acids is 1. The third-order valence-electron chi connectivity index (χ3n) is 5.16. The van der Waals surface area contributed by atoms with Crippen LogP contribution in [-0.2, 0) is 14.3 Å². The fourth-order valence-corrected chi connectivity index (χ4v) is 4.23. The molecule has 1 heterocycles. The molecule has 1 N–H and O–H groups in total. The van der Waals surface area contributed by atoms with Crippen LogP contribution in [0.3, 0.4) is 0 Å². The van der Waals surface area contributed by atoms with Gasteiger partial charge in [-0.2, -0.15) is 0 Å². The van der Waals surface area contributed by atoms with E-state index in [1.807, 2.05) is 6.92 Å². The number of rotatable bonds is 5. The van der Waals surface area contributed by atoms with E-state index in [0.29, 0.717) is 18.4 Å². The van der Waals surface area contributed by atoms with Crippen molar-refractivity contribution in [3.63, 3.8) is 0 Å². The summed E-state index contributed by atoms with van der Waals surface area (Å²) in [6, 6.07) is 0. The van der Waals surface area contributed by atoms with Crippen LogP contribution in [0.1, 0.15) is 45.4 Å². The molecule has 2 bridgehead atoms. The third-order valence-corrected chi connectivity index (χ3v) is 5.16. The molecule has 0 aromatic rings. The number of hydrogen-bond donors (Lipinski definition) is 1. The molecule has 0 aromatic carbocycles. The Kier molecular flexibility index (Phi) is 3.81. The van der Waals surface area contributed by atoms with E-state index in [1.165, 1.54) is 19.3 Å². The van der Waals surface area contributed by atoms with Crippen LogP contribution in [0.5, 0.6) is 0 Å². The summed E-state index contributed by atoms with van der Waals surface area (Å²) in [4.78, 5) is 12.4. The highest BCUT2D eigenvalue weighted by atomic mass is 16.5. The van der Waals surface area contributed by atoms with Crippen LogP contribution in [0.4, 0.5) is 0 Å². The summed E-state index contributed by atoms with van der Waals surface area (Å²) in [6.45, 7) is 4.02. The molecule has 4 heteroatoms. The van der Waals surface area contributed by atoms with Crippen LogP contribution in [0.2, 0.25) is 0 Å². The van der Waals surface area contributed by atoms with Gasteiger partial charge in [-0.15, -0.1) is 0 Å². The van der Waals surface area contributed by atoms with Crippen LogP contribution in [0, 0.1) is 11.8 Å². The second-order valence-electron chi connectivity index (χ2n) is 6.29. The maximum absolute atomic E-state index is 12.4. The first-order valence-corrected chi connectivity index (χ1v) is 7.78. The smallest absolute Gasteiger partial charge is 0.326 e. The molecule has 4 nitrogen and oxygen atoms in total. The van der Waals surface area contributed by atoms with Crippen molar-refractivity contribution >= 4 is 5.97 Å². The largest absolute Gasteiger partial charge is 0.465 e. The van der Waals surface area contributed by atoms with Crippen molar-refractivity contribution in [3.8, 4) is 0 Å². The second-order valence-corrected chi connectivity index (χ2v) is 6.29. The molecule has 0 amide bonds. The summed E-state index contributed by atoms with van der Waals surface area (Å²) in [6.07, 6.45) is 7.14. The van der Waals surface area contributed by atoms with Gasteiger partial charge in [0.25, 0.3) is 0 Å². The van der Waals surface area contributed by atoms with E-state index in [-0.39, 0.29) is 12.1 Å². The van der Waals surface area contributed by atoms with E-state index in [0.717, 1.165) is 32.4 Å². The zero-order valence-corrected chi connectivity index (χ0v) is 11.8. The molecule has 0 radical (unpaired) electrons. The van der Waals surface area contributed by atoms with Crippen LogP contribution in [0.15, 0.2) is 0 Å². The molecule has 3 rings (SSSR count). The van der Waals surface area contributed by atoms with Crippen molar-refractivity contribution in [2.24, 2.45) is 11.8 Å². The van der Waals surface area contributed by atoms with Gasteiger partial charge in [-0.1, -0.05) is 6.42 Å². The van der Waals surface area contributed by atoms with E-state index in [4.69, 9.17) is 9.47 Å². The summed E-state index contributed by atoms with van der Waals surface area (Å²) < 4.78 is 11.0.